The Morgan fingerprint density at radius 1 is 1.40 bits per heavy atom. The number of hydrogen-bond donors (Lipinski definition) is 1. The average Bonchev–Trinajstić information content (AvgIpc) is 2.14. The highest BCUT2D eigenvalue weighted by Gasteiger charge is 2.16. The summed E-state index contributed by atoms with van der Waals surface area (Å²) in [7, 11) is 0. The molecule has 0 heterocycles. The molecule has 1 atom stereocenters. The standard InChI is InChI=1S/C11H16N2O2/c1-7-4-10(9(3)6-12)5-8(2)11(7)13(14)15/h4-5,9H,6,12H2,1-3H3. The molecule has 0 aliphatic rings. The zero-order valence-corrected chi connectivity index (χ0v) is 9.28. The molecule has 2 N–H and O–H groups in total. The van der Waals surface area contributed by atoms with Gasteiger partial charge in [0, 0.05) is 11.1 Å². The van der Waals surface area contributed by atoms with Gasteiger partial charge in [0.1, 0.15) is 0 Å². The third-order valence-corrected chi connectivity index (χ3v) is 2.62. The molecule has 4 heteroatoms. The van der Waals surface area contributed by atoms with Gasteiger partial charge in [-0.3, -0.25) is 10.1 Å². The summed E-state index contributed by atoms with van der Waals surface area (Å²) < 4.78 is 0. The Kier molecular flexibility index (Phi) is 3.42. The minimum atomic E-state index is -0.332. The molecule has 0 bridgehead atoms. The lowest BCUT2D eigenvalue weighted by Crippen LogP contribution is -2.09. The Morgan fingerprint density at radius 2 is 1.87 bits per heavy atom. The van der Waals surface area contributed by atoms with Crippen molar-refractivity contribution < 1.29 is 4.92 Å². The van der Waals surface area contributed by atoms with Gasteiger partial charge in [0.05, 0.1) is 4.92 Å². The SMILES string of the molecule is Cc1cc(C(C)CN)cc(C)c1[N+](=O)[O-]. The molecule has 0 aliphatic carbocycles. The van der Waals surface area contributed by atoms with Crippen LogP contribution >= 0.6 is 0 Å². The van der Waals surface area contributed by atoms with E-state index in [1.54, 1.807) is 13.8 Å². The highest BCUT2D eigenvalue weighted by atomic mass is 16.6. The van der Waals surface area contributed by atoms with E-state index < -0.39 is 0 Å². The number of rotatable bonds is 3. The summed E-state index contributed by atoms with van der Waals surface area (Å²) in [6.07, 6.45) is 0. The molecule has 0 saturated carbocycles. The number of aryl methyl sites for hydroxylation is 2. The van der Waals surface area contributed by atoms with Crippen LogP contribution in [0, 0.1) is 24.0 Å². The van der Waals surface area contributed by atoms with Crippen LogP contribution in [0.3, 0.4) is 0 Å². The van der Waals surface area contributed by atoms with Crippen LogP contribution in [0.1, 0.15) is 29.5 Å². The summed E-state index contributed by atoms with van der Waals surface area (Å²) in [5.74, 6) is 0.239. The second kappa shape index (κ2) is 4.40. The van der Waals surface area contributed by atoms with Crippen molar-refractivity contribution in [3.63, 3.8) is 0 Å². The van der Waals surface area contributed by atoms with Crippen molar-refractivity contribution >= 4 is 5.69 Å². The van der Waals surface area contributed by atoms with Gasteiger partial charge in [-0.15, -0.1) is 0 Å². The fraction of sp³-hybridized carbons (Fsp3) is 0.455. The highest BCUT2D eigenvalue weighted by Crippen LogP contribution is 2.27. The van der Waals surface area contributed by atoms with Crippen molar-refractivity contribution in [3.05, 3.63) is 38.9 Å². The van der Waals surface area contributed by atoms with Gasteiger partial charge in [-0.25, -0.2) is 0 Å². The van der Waals surface area contributed by atoms with Gasteiger partial charge in [0.15, 0.2) is 0 Å². The zero-order chi connectivity index (χ0) is 11.6. The van der Waals surface area contributed by atoms with Gasteiger partial charge in [-0.05, 0) is 44.0 Å². The van der Waals surface area contributed by atoms with E-state index >= 15 is 0 Å². The molecule has 0 saturated heterocycles. The Balaban J connectivity index is 3.25. The molecule has 1 aromatic rings. The van der Waals surface area contributed by atoms with E-state index in [0.717, 1.165) is 5.56 Å². The summed E-state index contributed by atoms with van der Waals surface area (Å²) >= 11 is 0. The lowest BCUT2D eigenvalue weighted by Gasteiger charge is -2.11. The van der Waals surface area contributed by atoms with Gasteiger partial charge in [-0.2, -0.15) is 0 Å². The molecule has 1 aromatic carbocycles. The van der Waals surface area contributed by atoms with Crippen LogP contribution in [0.25, 0.3) is 0 Å². The molecule has 1 unspecified atom stereocenters. The number of benzene rings is 1. The fourth-order valence-corrected chi connectivity index (χ4v) is 1.70. The van der Waals surface area contributed by atoms with E-state index in [2.05, 4.69) is 0 Å². The minimum absolute atomic E-state index is 0.211. The molecular formula is C11H16N2O2. The normalized spacial score (nSPS) is 12.5. The molecule has 1 rings (SSSR count). The van der Waals surface area contributed by atoms with E-state index in [1.807, 2.05) is 19.1 Å². The first-order valence-electron chi connectivity index (χ1n) is 4.93. The zero-order valence-electron chi connectivity index (χ0n) is 9.28. The highest BCUT2D eigenvalue weighted by molar-refractivity contribution is 5.49. The molecule has 0 aliphatic heterocycles. The maximum Gasteiger partial charge on any atom is 0.275 e. The van der Waals surface area contributed by atoms with Crippen molar-refractivity contribution in [3.8, 4) is 0 Å². The summed E-state index contributed by atoms with van der Waals surface area (Å²) in [5, 5.41) is 10.8. The van der Waals surface area contributed by atoms with Gasteiger partial charge in [0.25, 0.3) is 5.69 Å². The minimum Gasteiger partial charge on any atom is -0.330 e. The summed E-state index contributed by atoms with van der Waals surface area (Å²) in [4.78, 5) is 10.4. The van der Waals surface area contributed by atoms with E-state index in [-0.39, 0.29) is 16.5 Å². The van der Waals surface area contributed by atoms with Crippen LogP contribution in [0.15, 0.2) is 12.1 Å². The monoisotopic (exact) mass is 208 g/mol. The molecule has 15 heavy (non-hydrogen) atoms. The van der Waals surface area contributed by atoms with Crippen molar-refractivity contribution in [1.29, 1.82) is 0 Å². The molecule has 0 fully saturated rings. The quantitative estimate of drug-likeness (QED) is 0.612. The van der Waals surface area contributed by atoms with Crippen molar-refractivity contribution in [2.24, 2.45) is 5.73 Å². The second-order valence-electron chi connectivity index (χ2n) is 3.90. The van der Waals surface area contributed by atoms with E-state index in [9.17, 15) is 10.1 Å². The lowest BCUT2D eigenvalue weighted by atomic mass is 9.96. The maximum atomic E-state index is 10.8. The first-order chi connectivity index (χ1) is 6.97. The first-order valence-corrected chi connectivity index (χ1v) is 4.93. The molecule has 0 aromatic heterocycles. The van der Waals surface area contributed by atoms with Gasteiger partial charge in [0.2, 0.25) is 0 Å². The van der Waals surface area contributed by atoms with Crippen molar-refractivity contribution in [2.45, 2.75) is 26.7 Å². The van der Waals surface area contributed by atoms with E-state index in [4.69, 9.17) is 5.73 Å². The topological polar surface area (TPSA) is 69.2 Å². The molecule has 0 amide bonds. The predicted octanol–water partition coefficient (Wildman–Crippen LogP) is 2.27. The number of nitrogens with zero attached hydrogens (tertiary/aromatic N) is 1. The molecular weight excluding hydrogens is 192 g/mol. The van der Waals surface area contributed by atoms with Crippen LogP contribution in [0.5, 0.6) is 0 Å². The summed E-state index contributed by atoms with van der Waals surface area (Å²) in [5.41, 5.74) is 8.25. The Morgan fingerprint density at radius 3 is 2.20 bits per heavy atom. The average molecular weight is 208 g/mol. The van der Waals surface area contributed by atoms with Gasteiger partial charge < -0.3 is 5.73 Å². The van der Waals surface area contributed by atoms with Crippen LogP contribution in [-0.2, 0) is 0 Å². The third kappa shape index (κ3) is 2.33. The number of nitrogens with two attached hydrogens (primary N) is 1. The lowest BCUT2D eigenvalue weighted by molar-refractivity contribution is -0.386. The largest absolute Gasteiger partial charge is 0.330 e. The van der Waals surface area contributed by atoms with E-state index in [1.165, 1.54) is 0 Å². The summed E-state index contributed by atoms with van der Waals surface area (Å²) in [6, 6.07) is 3.70. The van der Waals surface area contributed by atoms with E-state index in [0.29, 0.717) is 17.7 Å². The number of hydrogen-bond acceptors (Lipinski definition) is 3. The molecule has 4 nitrogen and oxygen atoms in total. The molecule has 82 valence electrons. The summed E-state index contributed by atoms with van der Waals surface area (Å²) in [6.45, 7) is 6.09. The Labute approximate surface area is 89.2 Å². The van der Waals surface area contributed by atoms with Crippen molar-refractivity contribution in [2.75, 3.05) is 6.54 Å². The van der Waals surface area contributed by atoms with Crippen LogP contribution < -0.4 is 5.73 Å². The van der Waals surface area contributed by atoms with Gasteiger partial charge >= 0.3 is 0 Å². The molecule has 0 spiro atoms. The third-order valence-electron chi connectivity index (χ3n) is 2.62. The predicted molar refractivity (Wildman–Crippen MR) is 60.0 cm³/mol. The van der Waals surface area contributed by atoms with Crippen molar-refractivity contribution in [1.82, 2.24) is 0 Å². The number of nitro groups is 1. The van der Waals surface area contributed by atoms with Gasteiger partial charge in [-0.1, -0.05) is 6.92 Å². The van der Waals surface area contributed by atoms with Crippen LogP contribution in [0.2, 0.25) is 0 Å². The Hall–Kier alpha value is -1.42. The fourth-order valence-electron chi connectivity index (χ4n) is 1.70. The van der Waals surface area contributed by atoms with Crippen LogP contribution in [0.4, 0.5) is 5.69 Å². The first kappa shape index (κ1) is 11.7. The maximum absolute atomic E-state index is 10.8. The Bertz CT molecular complexity index is 365. The smallest absolute Gasteiger partial charge is 0.275 e. The molecule has 0 radical (unpaired) electrons. The second-order valence-corrected chi connectivity index (χ2v) is 3.90. The van der Waals surface area contributed by atoms with Crippen LogP contribution in [-0.4, -0.2) is 11.5 Å². The number of nitro benzene ring substituents is 1.